The van der Waals surface area contributed by atoms with Gasteiger partial charge in [-0.15, -0.1) is 0 Å². The van der Waals surface area contributed by atoms with Crippen molar-refractivity contribution in [2.75, 3.05) is 18.1 Å². The van der Waals surface area contributed by atoms with Crippen LogP contribution in [-0.2, 0) is 11.2 Å². The van der Waals surface area contributed by atoms with E-state index < -0.39 is 5.97 Å². The third-order valence-electron chi connectivity index (χ3n) is 4.30. The molecule has 3 aromatic rings. The molecule has 0 aromatic heterocycles. The molecule has 0 aliphatic rings. The Morgan fingerprint density at radius 2 is 1.48 bits per heavy atom. The minimum absolute atomic E-state index is 0.0382. The Kier molecular flexibility index (Phi) is 6.43. The number of carbonyl (C=O) groups excluding carboxylic acids is 2. The molecule has 0 bridgehead atoms. The number of ketones is 1. The van der Waals surface area contributed by atoms with Crippen LogP contribution in [-0.4, -0.2) is 18.4 Å². The van der Waals surface area contributed by atoms with Crippen molar-refractivity contribution in [2.45, 2.75) is 6.42 Å². The predicted octanol–water partition coefficient (Wildman–Crippen LogP) is 4.15. The van der Waals surface area contributed by atoms with E-state index >= 15 is 0 Å². The zero-order chi connectivity index (χ0) is 20.6. The lowest BCUT2D eigenvalue weighted by Crippen LogP contribution is -2.09. The predicted molar refractivity (Wildman–Crippen MR) is 116 cm³/mol. The topological polar surface area (TPSA) is 95.4 Å². The average molecular weight is 386 g/mol. The van der Waals surface area contributed by atoms with Gasteiger partial charge in [0.2, 0.25) is 0 Å². The second-order valence-corrected chi connectivity index (χ2v) is 6.58. The number of esters is 1. The molecule has 0 spiro atoms. The number of hydrogen-bond donors (Lipinski definition) is 2. The Morgan fingerprint density at radius 1 is 0.828 bits per heavy atom. The third kappa shape index (κ3) is 5.81. The van der Waals surface area contributed by atoms with Crippen LogP contribution in [0.2, 0.25) is 0 Å². The van der Waals surface area contributed by atoms with E-state index in [0.717, 1.165) is 11.1 Å². The minimum Gasteiger partial charge on any atom is -0.462 e. The van der Waals surface area contributed by atoms with Crippen molar-refractivity contribution in [3.63, 3.8) is 0 Å². The maximum Gasteiger partial charge on any atom is 0.338 e. The molecule has 3 rings (SSSR count). The van der Waals surface area contributed by atoms with Crippen molar-refractivity contribution < 1.29 is 14.3 Å². The molecule has 0 saturated carbocycles. The van der Waals surface area contributed by atoms with E-state index in [9.17, 15) is 9.59 Å². The van der Waals surface area contributed by atoms with Crippen LogP contribution in [0.1, 0.15) is 31.8 Å². The zero-order valence-corrected chi connectivity index (χ0v) is 15.9. The van der Waals surface area contributed by atoms with Gasteiger partial charge < -0.3 is 16.2 Å². The Bertz CT molecular complexity index is 1010. The van der Waals surface area contributed by atoms with Crippen LogP contribution in [0, 0.1) is 0 Å². The van der Waals surface area contributed by atoms with Crippen molar-refractivity contribution >= 4 is 29.2 Å². The van der Waals surface area contributed by atoms with Gasteiger partial charge in [0.1, 0.15) is 0 Å². The van der Waals surface area contributed by atoms with Crippen molar-refractivity contribution in [3.8, 4) is 0 Å². The van der Waals surface area contributed by atoms with Gasteiger partial charge in [0.15, 0.2) is 5.78 Å². The van der Waals surface area contributed by atoms with Crippen LogP contribution in [0.4, 0.5) is 11.4 Å². The number of carbonyl (C=O) groups is 2. The summed E-state index contributed by atoms with van der Waals surface area (Å²) in [4.78, 5) is 24.2. The van der Waals surface area contributed by atoms with E-state index in [-0.39, 0.29) is 12.4 Å². The van der Waals surface area contributed by atoms with Gasteiger partial charge in [-0.2, -0.15) is 0 Å². The average Bonchev–Trinajstić information content (AvgIpc) is 2.73. The summed E-state index contributed by atoms with van der Waals surface area (Å²) in [5.41, 5.74) is 15.2. The largest absolute Gasteiger partial charge is 0.462 e. The van der Waals surface area contributed by atoms with Gasteiger partial charge in [0.05, 0.1) is 12.2 Å². The van der Waals surface area contributed by atoms with Crippen LogP contribution in [0.25, 0.3) is 6.08 Å². The van der Waals surface area contributed by atoms with Crippen LogP contribution in [0.3, 0.4) is 0 Å². The molecular formula is C24H22N2O3. The highest BCUT2D eigenvalue weighted by molar-refractivity contribution is 6.06. The minimum atomic E-state index is -0.456. The van der Waals surface area contributed by atoms with Crippen molar-refractivity contribution in [3.05, 3.63) is 101 Å². The lowest BCUT2D eigenvalue weighted by atomic mass is 10.1. The van der Waals surface area contributed by atoms with Crippen LogP contribution < -0.4 is 11.5 Å². The van der Waals surface area contributed by atoms with E-state index in [0.29, 0.717) is 28.9 Å². The summed E-state index contributed by atoms with van der Waals surface area (Å²) in [5.74, 6) is -0.494. The zero-order valence-electron chi connectivity index (χ0n) is 15.9. The number of nitrogen functional groups attached to an aromatic ring is 2. The second-order valence-electron chi connectivity index (χ2n) is 6.58. The summed E-state index contributed by atoms with van der Waals surface area (Å²) >= 11 is 0. The molecule has 3 aromatic carbocycles. The summed E-state index contributed by atoms with van der Waals surface area (Å²) in [6, 6.07) is 21.5. The fourth-order valence-electron chi connectivity index (χ4n) is 2.81. The quantitative estimate of drug-likeness (QED) is 0.275. The first-order valence-corrected chi connectivity index (χ1v) is 9.21. The lowest BCUT2D eigenvalue weighted by Gasteiger charge is -2.07. The van der Waals surface area contributed by atoms with Crippen LogP contribution in [0.5, 0.6) is 0 Å². The SMILES string of the molecule is Nc1cc(N)cc(C(=O)OCCc2ccc(/C=C/C(=O)c3ccccc3)cc2)c1. The first-order valence-electron chi connectivity index (χ1n) is 9.21. The maximum absolute atomic E-state index is 12.1. The molecule has 4 N–H and O–H groups in total. The number of anilines is 2. The fraction of sp³-hybridized carbons (Fsp3) is 0.0833. The van der Waals surface area contributed by atoms with Gasteiger partial charge in [-0.05, 0) is 35.4 Å². The van der Waals surface area contributed by atoms with Gasteiger partial charge in [-0.3, -0.25) is 4.79 Å². The molecule has 5 nitrogen and oxygen atoms in total. The first kappa shape index (κ1) is 19.9. The summed E-state index contributed by atoms with van der Waals surface area (Å²) in [5, 5.41) is 0. The molecule has 29 heavy (non-hydrogen) atoms. The number of benzene rings is 3. The van der Waals surface area contributed by atoms with Crippen LogP contribution in [0.15, 0.2) is 78.9 Å². The molecular weight excluding hydrogens is 364 g/mol. The highest BCUT2D eigenvalue weighted by Gasteiger charge is 2.09. The van der Waals surface area contributed by atoms with E-state index in [2.05, 4.69) is 0 Å². The monoisotopic (exact) mass is 386 g/mol. The summed E-state index contributed by atoms with van der Waals surface area (Å²) < 4.78 is 5.29. The van der Waals surface area contributed by atoms with Crippen molar-refractivity contribution in [2.24, 2.45) is 0 Å². The molecule has 5 heteroatoms. The molecule has 0 atom stereocenters. The molecule has 0 unspecified atom stereocenters. The number of rotatable bonds is 7. The van der Waals surface area contributed by atoms with E-state index in [4.69, 9.17) is 16.2 Å². The molecule has 146 valence electrons. The van der Waals surface area contributed by atoms with E-state index in [1.165, 1.54) is 12.1 Å². The van der Waals surface area contributed by atoms with Gasteiger partial charge in [-0.25, -0.2) is 4.79 Å². The highest BCUT2D eigenvalue weighted by atomic mass is 16.5. The highest BCUT2D eigenvalue weighted by Crippen LogP contribution is 2.15. The van der Waals surface area contributed by atoms with E-state index in [1.54, 1.807) is 30.4 Å². The number of allylic oxidation sites excluding steroid dienone is 1. The van der Waals surface area contributed by atoms with Crippen molar-refractivity contribution in [1.82, 2.24) is 0 Å². The van der Waals surface area contributed by atoms with Crippen LogP contribution >= 0.6 is 0 Å². The van der Waals surface area contributed by atoms with Gasteiger partial charge in [0.25, 0.3) is 0 Å². The standard InChI is InChI=1S/C24H22N2O3/c25-21-14-20(15-22(26)16-21)24(28)29-13-12-18-8-6-17(7-9-18)10-11-23(27)19-4-2-1-3-5-19/h1-11,14-16H,12-13,25-26H2/b11-10+. The Morgan fingerprint density at radius 3 is 2.14 bits per heavy atom. The Balaban J connectivity index is 1.51. The molecule has 0 radical (unpaired) electrons. The fourth-order valence-corrected chi connectivity index (χ4v) is 2.81. The molecule has 0 amide bonds. The lowest BCUT2D eigenvalue weighted by molar-refractivity contribution is 0.0509. The number of hydrogen-bond acceptors (Lipinski definition) is 5. The Labute approximate surface area is 169 Å². The molecule has 0 aliphatic heterocycles. The van der Waals surface area contributed by atoms with Gasteiger partial charge >= 0.3 is 5.97 Å². The molecule has 0 saturated heterocycles. The molecule has 0 heterocycles. The second kappa shape index (κ2) is 9.37. The smallest absolute Gasteiger partial charge is 0.338 e. The van der Waals surface area contributed by atoms with Gasteiger partial charge in [0, 0.05) is 23.4 Å². The molecule has 0 fully saturated rings. The van der Waals surface area contributed by atoms with Crippen molar-refractivity contribution in [1.29, 1.82) is 0 Å². The number of ether oxygens (including phenoxy) is 1. The normalized spacial score (nSPS) is 10.8. The number of nitrogens with two attached hydrogens (primary N) is 2. The van der Waals surface area contributed by atoms with E-state index in [1.807, 2.05) is 42.5 Å². The summed E-state index contributed by atoms with van der Waals surface area (Å²) in [6.45, 7) is 0.245. The molecule has 0 aliphatic carbocycles. The first-order chi connectivity index (χ1) is 14.0. The summed E-state index contributed by atoms with van der Waals surface area (Å²) in [7, 11) is 0. The summed E-state index contributed by atoms with van der Waals surface area (Å²) in [6.07, 6.45) is 3.92. The van der Waals surface area contributed by atoms with Gasteiger partial charge in [-0.1, -0.05) is 60.7 Å². The Hall–Kier alpha value is -3.86. The third-order valence-corrected chi connectivity index (χ3v) is 4.30. The maximum atomic E-state index is 12.1.